The third kappa shape index (κ3) is 4.18. The highest BCUT2D eigenvalue weighted by atomic mass is 35.7. The van der Waals surface area contributed by atoms with E-state index in [0.717, 1.165) is 5.56 Å². The van der Waals surface area contributed by atoms with Crippen molar-refractivity contribution < 1.29 is 12.8 Å². The van der Waals surface area contributed by atoms with Crippen molar-refractivity contribution in [2.45, 2.75) is 25.5 Å². The summed E-state index contributed by atoms with van der Waals surface area (Å²) in [6.07, 6.45) is 0. The third-order valence-corrected chi connectivity index (χ3v) is 2.99. The number of hydrogen-bond acceptors (Lipinski definition) is 2. The molecule has 0 fully saturated rings. The Bertz CT molecular complexity index is 454. The molecular formula is C10H12ClFO2S. The average molecular weight is 251 g/mol. The van der Waals surface area contributed by atoms with Crippen LogP contribution in [0.3, 0.4) is 0 Å². The van der Waals surface area contributed by atoms with Gasteiger partial charge in [-0.3, -0.25) is 0 Å². The summed E-state index contributed by atoms with van der Waals surface area (Å²) >= 11 is 0. The minimum Gasteiger partial charge on any atom is -0.212 e. The highest BCUT2D eigenvalue weighted by molar-refractivity contribution is 8.13. The Balaban J connectivity index is 3.10. The maximum absolute atomic E-state index is 13.1. The fourth-order valence-corrected chi connectivity index (χ4v) is 2.23. The SMILES string of the molecule is CC(C)c1cc(F)cc(CS(=O)(=O)Cl)c1. The highest BCUT2D eigenvalue weighted by Gasteiger charge is 2.10. The van der Waals surface area contributed by atoms with Gasteiger partial charge in [0.25, 0.3) is 0 Å². The molecule has 1 aromatic carbocycles. The van der Waals surface area contributed by atoms with Crippen LogP contribution in [0.15, 0.2) is 18.2 Å². The Kier molecular flexibility index (Phi) is 3.73. The van der Waals surface area contributed by atoms with Crippen LogP contribution in [0.4, 0.5) is 4.39 Å². The van der Waals surface area contributed by atoms with Gasteiger partial charge in [-0.25, -0.2) is 12.8 Å². The molecule has 0 saturated heterocycles. The molecule has 0 unspecified atom stereocenters. The van der Waals surface area contributed by atoms with E-state index < -0.39 is 14.9 Å². The first-order valence-electron chi connectivity index (χ1n) is 4.49. The molecule has 84 valence electrons. The van der Waals surface area contributed by atoms with E-state index in [-0.39, 0.29) is 11.7 Å². The van der Waals surface area contributed by atoms with E-state index in [1.165, 1.54) is 12.1 Å². The van der Waals surface area contributed by atoms with Gasteiger partial charge in [-0.05, 0) is 29.2 Å². The van der Waals surface area contributed by atoms with Gasteiger partial charge in [0.05, 0.1) is 5.75 Å². The molecule has 0 aliphatic carbocycles. The van der Waals surface area contributed by atoms with E-state index in [2.05, 4.69) is 0 Å². The average Bonchev–Trinajstić information content (AvgIpc) is 1.99. The Morgan fingerprint density at radius 1 is 1.33 bits per heavy atom. The van der Waals surface area contributed by atoms with Crippen molar-refractivity contribution >= 4 is 19.7 Å². The first-order valence-corrected chi connectivity index (χ1v) is 6.97. The van der Waals surface area contributed by atoms with Crippen LogP contribution in [-0.4, -0.2) is 8.42 Å². The van der Waals surface area contributed by atoms with E-state index in [9.17, 15) is 12.8 Å². The van der Waals surface area contributed by atoms with Crippen molar-refractivity contribution in [2.75, 3.05) is 0 Å². The molecule has 0 heterocycles. The van der Waals surface area contributed by atoms with Crippen LogP contribution in [0.1, 0.15) is 30.9 Å². The van der Waals surface area contributed by atoms with Gasteiger partial charge in [0, 0.05) is 10.7 Å². The predicted octanol–water partition coefficient (Wildman–Crippen LogP) is 3.02. The molecule has 0 amide bonds. The van der Waals surface area contributed by atoms with Gasteiger partial charge in [-0.1, -0.05) is 19.9 Å². The summed E-state index contributed by atoms with van der Waals surface area (Å²) in [4.78, 5) is 0. The van der Waals surface area contributed by atoms with Crippen molar-refractivity contribution in [1.29, 1.82) is 0 Å². The molecule has 0 N–H and O–H groups in total. The van der Waals surface area contributed by atoms with Crippen LogP contribution in [0.5, 0.6) is 0 Å². The number of benzene rings is 1. The maximum Gasteiger partial charge on any atom is 0.236 e. The monoisotopic (exact) mass is 250 g/mol. The van der Waals surface area contributed by atoms with Gasteiger partial charge >= 0.3 is 0 Å². The van der Waals surface area contributed by atoms with Crippen LogP contribution >= 0.6 is 10.7 Å². The molecule has 15 heavy (non-hydrogen) atoms. The van der Waals surface area contributed by atoms with Gasteiger partial charge in [-0.15, -0.1) is 0 Å². The smallest absolute Gasteiger partial charge is 0.212 e. The zero-order valence-corrected chi connectivity index (χ0v) is 10.1. The molecule has 0 aliphatic rings. The summed E-state index contributed by atoms with van der Waals surface area (Å²) < 4.78 is 34.8. The second kappa shape index (κ2) is 4.49. The topological polar surface area (TPSA) is 34.1 Å². The Labute approximate surface area is 93.5 Å². The van der Waals surface area contributed by atoms with Gasteiger partial charge in [0.15, 0.2) is 0 Å². The number of halogens is 2. The Hall–Kier alpha value is -0.610. The van der Waals surface area contributed by atoms with Crippen molar-refractivity contribution in [1.82, 2.24) is 0 Å². The molecule has 0 aliphatic heterocycles. The van der Waals surface area contributed by atoms with E-state index in [1.807, 2.05) is 13.8 Å². The lowest BCUT2D eigenvalue weighted by Gasteiger charge is -2.07. The van der Waals surface area contributed by atoms with E-state index in [4.69, 9.17) is 10.7 Å². The predicted molar refractivity (Wildman–Crippen MR) is 59.0 cm³/mol. The summed E-state index contributed by atoms with van der Waals surface area (Å²) in [5.41, 5.74) is 1.15. The number of rotatable bonds is 3. The summed E-state index contributed by atoms with van der Waals surface area (Å²) in [7, 11) is 1.47. The normalized spacial score (nSPS) is 12.1. The number of hydrogen-bond donors (Lipinski definition) is 0. The molecule has 1 aromatic rings. The summed E-state index contributed by atoms with van der Waals surface area (Å²) in [6.45, 7) is 3.82. The Morgan fingerprint density at radius 2 is 1.93 bits per heavy atom. The molecule has 0 saturated carbocycles. The third-order valence-electron chi connectivity index (χ3n) is 1.99. The molecule has 0 aromatic heterocycles. The highest BCUT2D eigenvalue weighted by Crippen LogP contribution is 2.20. The molecule has 0 atom stereocenters. The molecule has 0 bridgehead atoms. The van der Waals surface area contributed by atoms with Crippen molar-refractivity contribution in [3.63, 3.8) is 0 Å². The summed E-state index contributed by atoms with van der Waals surface area (Å²) in [6, 6.07) is 4.24. The van der Waals surface area contributed by atoms with Crippen LogP contribution in [0.25, 0.3) is 0 Å². The summed E-state index contributed by atoms with van der Waals surface area (Å²) in [5, 5.41) is 0. The van der Waals surface area contributed by atoms with Crippen molar-refractivity contribution in [2.24, 2.45) is 0 Å². The molecule has 0 radical (unpaired) electrons. The lowest BCUT2D eigenvalue weighted by atomic mass is 10.0. The van der Waals surface area contributed by atoms with Crippen LogP contribution in [-0.2, 0) is 14.8 Å². The second-order valence-corrected chi connectivity index (χ2v) is 6.51. The molecule has 0 spiro atoms. The van der Waals surface area contributed by atoms with Gasteiger partial charge in [-0.2, -0.15) is 0 Å². The zero-order valence-electron chi connectivity index (χ0n) is 8.50. The van der Waals surface area contributed by atoms with E-state index in [1.54, 1.807) is 6.07 Å². The van der Waals surface area contributed by atoms with Gasteiger partial charge in [0.2, 0.25) is 9.05 Å². The van der Waals surface area contributed by atoms with E-state index in [0.29, 0.717) is 5.56 Å². The first-order chi connectivity index (χ1) is 6.78. The Morgan fingerprint density at radius 3 is 2.40 bits per heavy atom. The molecule has 5 heteroatoms. The lowest BCUT2D eigenvalue weighted by Crippen LogP contribution is -1.98. The van der Waals surface area contributed by atoms with Crippen LogP contribution in [0, 0.1) is 5.82 Å². The summed E-state index contributed by atoms with van der Waals surface area (Å²) in [5.74, 6) is -0.625. The van der Waals surface area contributed by atoms with Crippen molar-refractivity contribution in [3.05, 3.63) is 35.1 Å². The van der Waals surface area contributed by atoms with Crippen molar-refractivity contribution in [3.8, 4) is 0 Å². The lowest BCUT2D eigenvalue weighted by molar-refractivity contribution is 0.607. The standard InChI is InChI=1S/C10H12ClFO2S/c1-7(2)9-3-8(4-10(12)5-9)6-15(11,13)14/h3-5,7H,6H2,1-2H3. The van der Waals surface area contributed by atoms with Crippen LogP contribution < -0.4 is 0 Å². The zero-order chi connectivity index (χ0) is 11.6. The van der Waals surface area contributed by atoms with E-state index >= 15 is 0 Å². The fraction of sp³-hybridized carbons (Fsp3) is 0.400. The molecule has 2 nitrogen and oxygen atoms in total. The second-order valence-electron chi connectivity index (χ2n) is 3.73. The van der Waals surface area contributed by atoms with Crippen LogP contribution in [0.2, 0.25) is 0 Å². The fourth-order valence-electron chi connectivity index (χ4n) is 1.29. The largest absolute Gasteiger partial charge is 0.236 e. The van der Waals surface area contributed by atoms with Gasteiger partial charge < -0.3 is 0 Å². The minimum absolute atomic E-state index is 0.150. The first kappa shape index (κ1) is 12.5. The quantitative estimate of drug-likeness (QED) is 0.773. The molecule has 1 rings (SSSR count). The maximum atomic E-state index is 13.1. The van der Waals surface area contributed by atoms with Gasteiger partial charge in [0.1, 0.15) is 5.82 Å². The minimum atomic E-state index is -3.63. The molecular weight excluding hydrogens is 239 g/mol.